The van der Waals surface area contributed by atoms with E-state index in [9.17, 15) is 43.2 Å². The Kier molecular flexibility index (Phi) is 54.3. The van der Waals surface area contributed by atoms with Gasteiger partial charge in [-0.05, 0) is 37.5 Å². The number of esters is 4. The normalized spacial score (nSPS) is 14.7. The largest absolute Gasteiger partial charge is 0.472 e. The maximum absolute atomic E-state index is 13.0. The number of carbonyl (C=O) groups is 4. The summed E-state index contributed by atoms with van der Waals surface area (Å²) in [6, 6.07) is 0. The molecule has 0 rings (SSSR count). The number of unbranched alkanes of at least 4 members (excludes halogenated alkanes) is 31. The van der Waals surface area contributed by atoms with Crippen LogP contribution in [0.2, 0.25) is 0 Å². The van der Waals surface area contributed by atoms with E-state index in [4.69, 9.17) is 37.0 Å². The predicted molar refractivity (Wildman–Crippen MR) is 326 cm³/mol. The molecule has 0 saturated heterocycles. The van der Waals surface area contributed by atoms with Gasteiger partial charge in [0.2, 0.25) is 0 Å². The van der Waals surface area contributed by atoms with Gasteiger partial charge in [-0.2, -0.15) is 0 Å². The first-order chi connectivity index (χ1) is 39.4. The molecule has 0 aliphatic heterocycles. The van der Waals surface area contributed by atoms with Crippen LogP contribution in [0.3, 0.4) is 0 Å². The first-order valence-corrected chi connectivity index (χ1v) is 36.0. The van der Waals surface area contributed by atoms with Gasteiger partial charge in [-0.25, -0.2) is 9.13 Å². The van der Waals surface area contributed by atoms with E-state index in [0.717, 1.165) is 115 Å². The third kappa shape index (κ3) is 55.9. The molecule has 17 nitrogen and oxygen atoms in total. The molecule has 0 aliphatic carbocycles. The van der Waals surface area contributed by atoms with Gasteiger partial charge in [0.15, 0.2) is 12.2 Å². The fraction of sp³-hybridized carbons (Fsp3) is 0.937. The van der Waals surface area contributed by atoms with Crippen molar-refractivity contribution in [2.75, 3.05) is 39.6 Å². The van der Waals surface area contributed by atoms with Gasteiger partial charge in [-0.3, -0.25) is 37.3 Å². The molecule has 0 bridgehead atoms. The second-order valence-electron chi connectivity index (χ2n) is 23.5. The maximum Gasteiger partial charge on any atom is 0.472 e. The fourth-order valence-electron chi connectivity index (χ4n) is 9.32. The number of ether oxygens (including phenoxy) is 4. The average Bonchev–Trinajstić information content (AvgIpc) is 3.44. The first-order valence-electron chi connectivity index (χ1n) is 33.0. The molecule has 0 amide bonds. The number of phosphoric acid groups is 2. The average molecular weight is 1210 g/mol. The van der Waals surface area contributed by atoms with Crippen LogP contribution in [0.25, 0.3) is 0 Å². The van der Waals surface area contributed by atoms with Crippen molar-refractivity contribution < 1.29 is 80.2 Å². The van der Waals surface area contributed by atoms with E-state index >= 15 is 0 Å². The molecule has 0 aromatic carbocycles. The SMILES string of the molecule is CCCCCCCCCCCC(=O)O[C@H](COC(=O)CCCCCCCCCC)COP(=O)(O)OC[C@H](O)COP(=O)(O)OC[C@@H](COC(=O)CCCCCCCCC(C)CC)OC(=O)CCCCCCCCCCCCCCC(C)C. The number of rotatable bonds is 62. The van der Waals surface area contributed by atoms with Crippen LogP contribution in [0.15, 0.2) is 0 Å². The van der Waals surface area contributed by atoms with Gasteiger partial charge < -0.3 is 33.8 Å². The van der Waals surface area contributed by atoms with E-state index in [2.05, 4.69) is 41.5 Å². The zero-order valence-electron chi connectivity index (χ0n) is 52.8. The second-order valence-corrected chi connectivity index (χ2v) is 26.4. The highest BCUT2D eigenvalue weighted by atomic mass is 31.2. The van der Waals surface area contributed by atoms with Crippen molar-refractivity contribution in [1.29, 1.82) is 0 Å². The van der Waals surface area contributed by atoms with E-state index in [0.29, 0.717) is 25.7 Å². The Hall–Kier alpha value is -1.94. The maximum atomic E-state index is 13.0. The Morgan fingerprint density at radius 1 is 0.354 bits per heavy atom. The number of aliphatic hydroxyl groups excluding tert-OH is 1. The molecule has 3 N–H and O–H groups in total. The van der Waals surface area contributed by atoms with Crippen LogP contribution >= 0.6 is 15.6 Å². The van der Waals surface area contributed by atoms with E-state index in [1.807, 2.05) is 0 Å². The summed E-state index contributed by atoms with van der Waals surface area (Å²) >= 11 is 0. The van der Waals surface area contributed by atoms with Crippen LogP contribution in [0.1, 0.15) is 311 Å². The summed E-state index contributed by atoms with van der Waals surface area (Å²) in [6.45, 7) is 9.42. The van der Waals surface area contributed by atoms with Crippen molar-refractivity contribution in [2.45, 2.75) is 330 Å². The summed E-state index contributed by atoms with van der Waals surface area (Å²) in [4.78, 5) is 72.0. The lowest BCUT2D eigenvalue weighted by molar-refractivity contribution is -0.161. The van der Waals surface area contributed by atoms with Gasteiger partial charge in [-0.15, -0.1) is 0 Å². The van der Waals surface area contributed by atoms with Crippen molar-refractivity contribution in [3.05, 3.63) is 0 Å². The summed E-state index contributed by atoms with van der Waals surface area (Å²) in [5, 5.41) is 10.5. The molecule has 3 unspecified atom stereocenters. The highest BCUT2D eigenvalue weighted by molar-refractivity contribution is 7.47. The van der Waals surface area contributed by atoms with Crippen molar-refractivity contribution in [3.8, 4) is 0 Å². The molecule has 19 heteroatoms. The number of phosphoric ester groups is 2. The van der Waals surface area contributed by atoms with Crippen LogP contribution in [-0.4, -0.2) is 96.7 Å². The minimum Gasteiger partial charge on any atom is -0.462 e. The molecular formula is C63H122O17P2. The van der Waals surface area contributed by atoms with Gasteiger partial charge in [0.25, 0.3) is 0 Å². The van der Waals surface area contributed by atoms with E-state index in [1.54, 1.807) is 0 Å². The molecule has 82 heavy (non-hydrogen) atoms. The summed E-state index contributed by atoms with van der Waals surface area (Å²) in [5.41, 5.74) is 0. The van der Waals surface area contributed by atoms with Gasteiger partial charge in [0.1, 0.15) is 19.3 Å². The van der Waals surface area contributed by atoms with Crippen LogP contribution < -0.4 is 0 Å². The van der Waals surface area contributed by atoms with Crippen molar-refractivity contribution in [3.63, 3.8) is 0 Å². The fourth-order valence-corrected chi connectivity index (χ4v) is 10.9. The van der Waals surface area contributed by atoms with Gasteiger partial charge >= 0.3 is 39.5 Å². The van der Waals surface area contributed by atoms with Gasteiger partial charge in [0, 0.05) is 25.7 Å². The molecule has 0 radical (unpaired) electrons. The highest BCUT2D eigenvalue weighted by Crippen LogP contribution is 2.45. The third-order valence-corrected chi connectivity index (χ3v) is 16.7. The number of hydrogen-bond donors (Lipinski definition) is 3. The molecule has 0 saturated carbocycles. The minimum absolute atomic E-state index is 0.105. The molecule has 0 aliphatic rings. The van der Waals surface area contributed by atoms with E-state index < -0.39 is 97.5 Å². The van der Waals surface area contributed by atoms with Crippen LogP contribution in [0, 0.1) is 11.8 Å². The van der Waals surface area contributed by atoms with Crippen LogP contribution in [0.5, 0.6) is 0 Å². The molecule has 0 fully saturated rings. The lowest BCUT2D eigenvalue weighted by Gasteiger charge is -2.21. The molecule has 0 aromatic rings. The van der Waals surface area contributed by atoms with Crippen molar-refractivity contribution >= 4 is 39.5 Å². The van der Waals surface area contributed by atoms with Gasteiger partial charge in [0.05, 0.1) is 26.4 Å². The Labute approximate surface area is 498 Å². The van der Waals surface area contributed by atoms with Crippen LogP contribution in [0.4, 0.5) is 0 Å². The second kappa shape index (κ2) is 55.6. The third-order valence-electron chi connectivity index (χ3n) is 14.8. The summed E-state index contributed by atoms with van der Waals surface area (Å²) in [7, 11) is -9.88. The summed E-state index contributed by atoms with van der Waals surface area (Å²) in [6.07, 6.45) is 37.6. The van der Waals surface area contributed by atoms with Crippen molar-refractivity contribution in [2.24, 2.45) is 11.8 Å². The highest BCUT2D eigenvalue weighted by Gasteiger charge is 2.30. The molecular weight excluding hydrogens is 1090 g/mol. The number of hydrogen-bond acceptors (Lipinski definition) is 15. The van der Waals surface area contributed by atoms with Crippen molar-refractivity contribution in [1.82, 2.24) is 0 Å². The number of aliphatic hydroxyl groups is 1. The molecule has 0 aromatic heterocycles. The monoisotopic (exact) mass is 1210 g/mol. The summed E-state index contributed by atoms with van der Waals surface area (Å²) < 4.78 is 67.9. The summed E-state index contributed by atoms with van der Waals surface area (Å²) in [5.74, 6) is -0.631. The Morgan fingerprint density at radius 3 is 0.927 bits per heavy atom. The predicted octanol–water partition coefficient (Wildman–Crippen LogP) is 17.3. The van der Waals surface area contributed by atoms with Crippen LogP contribution in [-0.2, 0) is 65.4 Å². The molecule has 486 valence electrons. The topological polar surface area (TPSA) is 237 Å². The Bertz CT molecular complexity index is 1620. The smallest absolute Gasteiger partial charge is 0.462 e. The lowest BCUT2D eigenvalue weighted by atomic mass is 10.00. The van der Waals surface area contributed by atoms with E-state index in [1.165, 1.54) is 116 Å². The van der Waals surface area contributed by atoms with E-state index in [-0.39, 0.29) is 25.7 Å². The first kappa shape index (κ1) is 80.1. The Balaban J connectivity index is 5.21. The van der Waals surface area contributed by atoms with Gasteiger partial charge in [-0.1, -0.05) is 260 Å². The zero-order valence-corrected chi connectivity index (χ0v) is 54.6. The number of carbonyl (C=O) groups excluding carboxylic acids is 4. The molecule has 6 atom stereocenters. The standard InChI is InChI=1S/C63H122O17P2/c1-7-10-12-14-16-22-27-35-41-47-62(67)79-58(51-73-60(65)45-39-33-26-17-15-13-11-8-2)53-77-81(69,70)75-49-57(64)50-76-82(71,72)78-54-59(52-74-61(66)46-40-34-30-29-32-38-44-56(6)9-3)80-63(68)48-42-36-28-24-21-19-18-20-23-25-31-37-43-55(4)5/h55-59,64H,7-54H2,1-6H3,(H,69,70)(H,71,72)/t56?,57-,58+,59+/m0/s1. The zero-order chi connectivity index (χ0) is 60.8. The molecule has 0 heterocycles. The lowest BCUT2D eigenvalue weighted by Crippen LogP contribution is -2.30. The minimum atomic E-state index is -4.94. The molecule has 0 spiro atoms. The quantitative estimate of drug-likeness (QED) is 0.0222. The Morgan fingerprint density at radius 2 is 0.622 bits per heavy atom.